The number of sulfone groups is 1. The van der Waals surface area contributed by atoms with Gasteiger partial charge in [0.15, 0.2) is 15.8 Å². The molecule has 0 aromatic rings. The fourth-order valence-electron chi connectivity index (χ4n) is 2.23. The van der Waals surface area contributed by atoms with Crippen molar-refractivity contribution in [3.8, 4) is 0 Å². The van der Waals surface area contributed by atoms with Crippen LogP contribution in [0.25, 0.3) is 0 Å². The van der Waals surface area contributed by atoms with E-state index in [0.717, 1.165) is 31.8 Å². The molecule has 0 aromatic carbocycles. The molecule has 1 saturated heterocycles. The van der Waals surface area contributed by atoms with Gasteiger partial charge in [-0.25, -0.2) is 8.42 Å². The van der Waals surface area contributed by atoms with Crippen LogP contribution in [0.1, 0.15) is 19.3 Å². The van der Waals surface area contributed by atoms with E-state index in [2.05, 4.69) is 21.8 Å². The Morgan fingerprint density at radius 3 is 2.84 bits per heavy atom. The van der Waals surface area contributed by atoms with Gasteiger partial charge in [0.05, 0.1) is 11.5 Å². The molecule has 0 aromatic heterocycles. The molecule has 6 heteroatoms. The quantitative estimate of drug-likeness (QED) is 0.341. The first kappa shape index (κ1) is 16.0. The molecular formula is C13H25N3O2S. The lowest BCUT2D eigenvalue weighted by molar-refractivity contribution is 0.459. The van der Waals surface area contributed by atoms with Crippen LogP contribution in [0.3, 0.4) is 0 Å². The van der Waals surface area contributed by atoms with Crippen LogP contribution in [0.4, 0.5) is 0 Å². The first-order chi connectivity index (χ1) is 8.98. The van der Waals surface area contributed by atoms with Gasteiger partial charge in [-0.2, -0.15) is 0 Å². The van der Waals surface area contributed by atoms with E-state index in [1.54, 1.807) is 7.05 Å². The van der Waals surface area contributed by atoms with Crippen LogP contribution in [-0.2, 0) is 9.84 Å². The molecule has 0 radical (unpaired) electrons. The van der Waals surface area contributed by atoms with Crippen LogP contribution >= 0.6 is 0 Å². The molecule has 5 nitrogen and oxygen atoms in total. The summed E-state index contributed by atoms with van der Waals surface area (Å²) in [5, 5.41) is 3.26. The van der Waals surface area contributed by atoms with Gasteiger partial charge in [-0.3, -0.25) is 4.99 Å². The molecular weight excluding hydrogens is 262 g/mol. The minimum Gasteiger partial charge on any atom is -0.356 e. The Kier molecular flexibility index (Phi) is 6.34. The first-order valence-electron chi connectivity index (χ1n) is 6.71. The number of hydrogen-bond donors (Lipinski definition) is 1. The molecule has 110 valence electrons. The second kappa shape index (κ2) is 7.53. The van der Waals surface area contributed by atoms with Gasteiger partial charge >= 0.3 is 0 Å². The highest BCUT2D eigenvalue weighted by molar-refractivity contribution is 7.91. The van der Waals surface area contributed by atoms with Crippen molar-refractivity contribution in [3.63, 3.8) is 0 Å². The average Bonchev–Trinajstić information content (AvgIpc) is 2.70. The Bertz CT molecular complexity index is 418. The van der Waals surface area contributed by atoms with Crippen LogP contribution in [-0.4, -0.2) is 58.0 Å². The van der Waals surface area contributed by atoms with Crippen molar-refractivity contribution >= 4 is 15.8 Å². The van der Waals surface area contributed by atoms with Gasteiger partial charge in [0.1, 0.15) is 0 Å². The molecule has 1 N–H and O–H groups in total. The molecule has 1 heterocycles. The maximum atomic E-state index is 11.4. The summed E-state index contributed by atoms with van der Waals surface area (Å²) < 4.78 is 22.8. The SMILES string of the molecule is C=CCCCN(C)C(=NC)NCC1CCS(=O)(=O)C1. The Balaban J connectivity index is 2.35. The maximum absolute atomic E-state index is 11.4. The van der Waals surface area contributed by atoms with E-state index in [9.17, 15) is 8.42 Å². The van der Waals surface area contributed by atoms with Crippen LogP contribution in [0.15, 0.2) is 17.6 Å². The number of unbranched alkanes of at least 4 members (excludes halogenated alkanes) is 1. The van der Waals surface area contributed by atoms with Crippen molar-refractivity contribution < 1.29 is 8.42 Å². The number of nitrogens with zero attached hydrogens (tertiary/aromatic N) is 2. The van der Waals surface area contributed by atoms with Gasteiger partial charge < -0.3 is 10.2 Å². The van der Waals surface area contributed by atoms with Crippen molar-refractivity contribution in [1.29, 1.82) is 0 Å². The molecule has 1 atom stereocenters. The van der Waals surface area contributed by atoms with Crippen molar-refractivity contribution in [2.45, 2.75) is 19.3 Å². The van der Waals surface area contributed by atoms with Gasteiger partial charge in [-0.1, -0.05) is 6.08 Å². The standard InChI is InChI=1S/C13H25N3O2S/c1-4-5-6-8-16(3)13(14-2)15-10-12-7-9-19(17,18)11-12/h4,12H,1,5-11H2,2-3H3,(H,14,15). The van der Waals surface area contributed by atoms with Gasteiger partial charge in [-0.05, 0) is 25.2 Å². The highest BCUT2D eigenvalue weighted by Crippen LogP contribution is 2.17. The van der Waals surface area contributed by atoms with Crippen molar-refractivity contribution in [1.82, 2.24) is 10.2 Å². The Labute approximate surface area is 116 Å². The summed E-state index contributed by atoms with van der Waals surface area (Å²) in [5.74, 6) is 1.67. The summed E-state index contributed by atoms with van der Waals surface area (Å²) in [6, 6.07) is 0. The Hall–Kier alpha value is -1.04. The summed E-state index contributed by atoms with van der Waals surface area (Å²) in [4.78, 5) is 6.28. The fourth-order valence-corrected chi connectivity index (χ4v) is 4.09. The zero-order chi connectivity index (χ0) is 14.3. The van der Waals surface area contributed by atoms with Crippen LogP contribution in [0, 0.1) is 5.92 Å². The molecule has 19 heavy (non-hydrogen) atoms. The van der Waals surface area contributed by atoms with E-state index >= 15 is 0 Å². The minimum atomic E-state index is -2.79. The average molecular weight is 287 g/mol. The summed E-state index contributed by atoms with van der Waals surface area (Å²) in [7, 11) is 0.945. The third-order valence-electron chi connectivity index (χ3n) is 3.35. The van der Waals surface area contributed by atoms with E-state index < -0.39 is 9.84 Å². The molecule has 0 spiro atoms. The lowest BCUT2D eigenvalue weighted by Gasteiger charge is -2.23. The summed E-state index contributed by atoms with van der Waals surface area (Å²) >= 11 is 0. The van der Waals surface area contributed by atoms with Gasteiger partial charge in [0.2, 0.25) is 0 Å². The minimum absolute atomic E-state index is 0.211. The van der Waals surface area contributed by atoms with Crippen LogP contribution < -0.4 is 5.32 Å². The molecule has 0 amide bonds. The van der Waals surface area contributed by atoms with Gasteiger partial charge in [0.25, 0.3) is 0 Å². The number of rotatable bonds is 6. The lowest BCUT2D eigenvalue weighted by Crippen LogP contribution is -2.41. The first-order valence-corrected chi connectivity index (χ1v) is 8.53. The Morgan fingerprint density at radius 1 is 1.58 bits per heavy atom. The molecule has 1 fully saturated rings. The van der Waals surface area contributed by atoms with Gasteiger partial charge in [-0.15, -0.1) is 6.58 Å². The second-order valence-electron chi connectivity index (χ2n) is 5.05. The maximum Gasteiger partial charge on any atom is 0.193 e. The van der Waals surface area contributed by atoms with Gasteiger partial charge in [0, 0.05) is 27.2 Å². The number of allylic oxidation sites excluding steroid dienone is 1. The number of guanidine groups is 1. The molecule has 0 saturated carbocycles. The van der Waals surface area contributed by atoms with Crippen LogP contribution in [0.5, 0.6) is 0 Å². The molecule has 1 aliphatic heterocycles. The molecule has 1 unspecified atom stereocenters. The lowest BCUT2D eigenvalue weighted by atomic mass is 10.1. The Morgan fingerprint density at radius 2 is 2.32 bits per heavy atom. The van der Waals surface area contributed by atoms with Crippen LogP contribution in [0.2, 0.25) is 0 Å². The third kappa shape index (κ3) is 5.63. The number of hydrogen-bond acceptors (Lipinski definition) is 3. The molecule has 1 rings (SSSR count). The van der Waals surface area contributed by atoms with Crippen molar-refractivity contribution in [2.24, 2.45) is 10.9 Å². The highest BCUT2D eigenvalue weighted by atomic mass is 32.2. The van der Waals surface area contributed by atoms with E-state index in [1.165, 1.54) is 0 Å². The number of nitrogens with one attached hydrogen (secondary N) is 1. The molecule has 0 aliphatic carbocycles. The summed E-state index contributed by atoms with van der Waals surface area (Å²) in [5.41, 5.74) is 0. The summed E-state index contributed by atoms with van der Waals surface area (Å²) in [6.45, 7) is 5.29. The van der Waals surface area contributed by atoms with E-state index in [4.69, 9.17) is 0 Å². The smallest absolute Gasteiger partial charge is 0.193 e. The predicted octanol–water partition coefficient (Wildman–Crippen LogP) is 0.895. The zero-order valence-electron chi connectivity index (χ0n) is 11.9. The normalized spacial score (nSPS) is 22.2. The van der Waals surface area contributed by atoms with Crippen molar-refractivity contribution in [2.75, 3.05) is 38.7 Å². The predicted molar refractivity (Wildman–Crippen MR) is 80.2 cm³/mol. The van der Waals surface area contributed by atoms with E-state index in [0.29, 0.717) is 18.1 Å². The summed E-state index contributed by atoms with van der Waals surface area (Å²) in [6.07, 6.45) is 4.70. The topological polar surface area (TPSA) is 61.8 Å². The van der Waals surface area contributed by atoms with E-state index in [-0.39, 0.29) is 5.92 Å². The van der Waals surface area contributed by atoms with Crippen molar-refractivity contribution in [3.05, 3.63) is 12.7 Å². The number of aliphatic imine (C=N–C) groups is 1. The largest absolute Gasteiger partial charge is 0.356 e. The third-order valence-corrected chi connectivity index (χ3v) is 5.19. The fraction of sp³-hybridized carbons (Fsp3) is 0.769. The highest BCUT2D eigenvalue weighted by Gasteiger charge is 2.27. The second-order valence-corrected chi connectivity index (χ2v) is 7.28. The molecule has 1 aliphatic rings. The molecule has 0 bridgehead atoms. The van der Waals surface area contributed by atoms with E-state index in [1.807, 2.05) is 13.1 Å². The monoisotopic (exact) mass is 287 g/mol. The zero-order valence-corrected chi connectivity index (χ0v) is 12.7.